The maximum absolute atomic E-state index is 6.21. The van der Waals surface area contributed by atoms with Gasteiger partial charge in [0.15, 0.2) is 0 Å². The topological polar surface area (TPSA) is 50.7 Å². The van der Waals surface area contributed by atoms with Crippen molar-refractivity contribution in [1.82, 2.24) is 14.9 Å². The number of nitrogens with zero attached hydrogens (tertiary/aromatic N) is 4. The summed E-state index contributed by atoms with van der Waals surface area (Å²) in [5.74, 6) is 0.830. The maximum Gasteiger partial charge on any atom is 0.225 e. The lowest BCUT2D eigenvalue weighted by molar-refractivity contribution is -0.0962. The fraction of sp³-hybridized carbons (Fsp3) is 0.750. The smallest absolute Gasteiger partial charge is 0.225 e. The Bertz CT molecular complexity index is 484. The molecule has 3 aliphatic heterocycles. The van der Waals surface area contributed by atoms with E-state index >= 15 is 0 Å². The van der Waals surface area contributed by atoms with Crippen LogP contribution in [0.15, 0.2) is 18.5 Å². The van der Waals surface area contributed by atoms with Crippen molar-refractivity contribution in [1.29, 1.82) is 0 Å². The van der Waals surface area contributed by atoms with Crippen molar-refractivity contribution < 1.29 is 9.47 Å². The highest BCUT2D eigenvalue weighted by atomic mass is 16.5. The van der Waals surface area contributed by atoms with Gasteiger partial charge < -0.3 is 14.4 Å². The van der Waals surface area contributed by atoms with Crippen LogP contribution < -0.4 is 4.90 Å². The van der Waals surface area contributed by atoms with Gasteiger partial charge in [0.1, 0.15) is 0 Å². The molecule has 4 heterocycles. The lowest BCUT2D eigenvalue weighted by Crippen LogP contribution is -2.58. The van der Waals surface area contributed by atoms with Gasteiger partial charge in [-0.1, -0.05) is 0 Å². The summed E-state index contributed by atoms with van der Waals surface area (Å²) in [4.78, 5) is 13.6. The van der Waals surface area contributed by atoms with Crippen LogP contribution >= 0.6 is 0 Å². The first kappa shape index (κ1) is 14.4. The number of morpholine rings is 1. The zero-order valence-corrected chi connectivity index (χ0v) is 13.0. The third-order valence-corrected chi connectivity index (χ3v) is 5.21. The van der Waals surface area contributed by atoms with Crippen molar-refractivity contribution in [2.24, 2.45) is 0 Å². The van der Waals surface area contributed by atoms with E-state index in [1.54, 1.807) is 0 Å². The molecule has 0 amide bonds. The van der Waals surface area contributed by atoms with Gasteiger partial charge >= 0.3 is 0 Å². The van der Waals surface area contributed by atoms with Crippen LogP contribution in [0.2, 0.25) is 0 Å². The first-order valence-corrected chi connectivity index (χ1v) is 8.32. The zero-order valence-electron chi connectivity index (χ0n) is 13.0. The molecule has 1 unspecified atom stereocenters. The number of anilines is 1. The highest BCUT2D eigenvalue weighted by molar-refractivity contribution is 5.30. The van der Waals surface area contributed by atoms with Crippen molar-refractivity contribution in [2.75, 3.05) is 50.9 Å². The molecule has 1 aromatic heterocycles. The van der Waals surface area contributed by atoms with Crippen molar-refractivity contribution in [3.05, 3.63) is 18.5 Å². The van der Waals surface area contributed by atoms with Crippen LogP contribution in [0.5, 0.6) is 0 Å². The van der Waals surface area contributed by atoms with E-state index in [1.807, 2.05) is 18.5 Å². The Morgan fingerprint density at radius 2 is 1.91 bits per heavy atom. The normalized spacial score (nSPS) is 29.1. The molecule has 3 aliphatic rings. The van der Waals surface area contributed by atoms with Crippen molar-refractivity contribution in [3.8, 4) is 0 Å². The largest absolute Gasteiger partial charge is 0.380 e. The number of hydrogen-bond acceptors (Lipinski definition) is 6. The van der Waals surface area contributed by atoms with Gasteiger partial charge in [-0.2, -0.15) is 0 Å². The number of rotatable bonds is 2. The average molecular weight is 304 g/mol. The van der Waals surface area contributed by atoms with Crippen LogP contribution in [0.1, 0.15) is 19.3 Å². The number of hydrogen-bond donors (Lipinski definition) is 0. The molecule has 120 valence electrons. The first-order valence-electron chi connectivity index (χ1n) is 8.32. The molecule has 0 bridgehead atoms. The monoisotopic (exact) mass is 304 g/mol. The third-order valence-electron chi connectivity index (χ3n) is 5.21. The lowest BCUT2D eigenvalue weighted by Gasteiger charge is -2.48. The van der Waals surface area contributed by atoms with Crippen molar-refractivity contribution in [3.63, 3.8) is 0 Å². The van der Waals surface area contributed by atoms with Crippen molar-refractivity contribution >= 4 is 5.95 Å². The SMILES string of the molecule is c1cnc(N2CCOC3(CCN(C4CCOC4)CC3)C2)nc1. The Morgan fingerprint density at radius 3 is 2.64 bits per heavy atom. The highest BCUT2D eigenvalue weighted by Gasteiger charge is 2.41. The summed E-state index contributed by atoms with van der Waals surface area (Å²) < 4.78 is 11.7. The predicted octanol–water partition coefficient (Wildman–Crippen LogP) is 0.937. The Morgan fingerprint density at radius 1 is 1.09 bits per heavy atom. The number of piperidine rings is 1. The molecule has 6 heteroatoms. The van der Waals surface area contributed by atoms with Crippen LogP contribution in [0, 0.1) is 0 Å². The van der Waals surface area contributed by atoms with Gasteiger partial charge in [0.2, 0.25) is 5.95 Å². The molecule has 3 saturated heterocycles. The molecule has 0 saturated carbocycles. The summed E-state index contributed by atoms with van der Waals surface area (Å²) in [6.45, 7) is 6.59. The minimum Gasteiger partial charge on any atom is -0.380 e. The van der Waals surface area contributed by atoms with Gasteiger partial charge in [-0.3, -0.25) is 4.90 Å². The summed E-state index contributed by atoms with van der Waals surface area (Å²) in [5, 5.41) is 0. The molecule has 22 heavy (non-hydrogen) atoms. The molecule has 3 fully saturated rings. The lowest BCUT2D eigenvalue weighted by atomic mass is 9.88. The van der Waals surface area contributed by atoms with E-state index in [9.17, 15) is 0 Å². The highest BCUT2D eigenvalue weighted by Crippen LogP contribution is 2.32. The van der Waals surface area contributed by atoms with Gasteiger partial charge in [0.25, 0.3) is 0 Å². The van der Waals surface area contributed by atoms with Gasteiger partial charge in [0.05, 0.1) is 25.4 Å². The zero-order chi connectivity index (χ0) is 14.8. The Kier molecular flexibility index (Phi) is 3.98. The van der Waals surface area contributed by atoms with Gasteiger partial charge in [-0.25, -0.2) is 9.97 Å². The summed E-state index contributed by atoms with van der Waals surface area (Å²) in [5.41, 5.74) is -0.0204. The first-order chi connectivity index (χ1) is 10.8. The Labute approximate surface area is 131 Å². The number of ether oxygens (including phenoxy) is 2. The second-order valence-electron chi connectivity index (χ2n) is 6.56. The molecule has 1 spiro atoms. The Hall–Kier alpha value is -1.24. The molecule has 0 N–H and O–H groups in total. The van der Waals surface area contributed by atoms with Gasteiger partial charge in [0, 0.05) is 44.7 Å². The summed E-state index contributed by atoms with van der Waals surface area (Å²) in [7, 11) is 0. The summed E-state index contributed by atoms with van der Waals surface area (Å²) in [6, 6.07) is 2.48. The molecule has 0 aliphatic carbocycles. The van der Waals surface area contributed by atoms with Crippen LogP contribution in [0.25, 0.3) is 0 Å². The summed E-state index contributed by atoms with van der Waals surface area (Å²) in [6.07, 6.45) is 6.98. The standard InChI is InChI=1S/C16H24N4O2/c1-5-17-15(18-6-1)20-9-11-22-16(13-20)3-7-19(8-4-16)14-2-10-21-12-14/h1,5-6,14H,2-4,7-13H2. The van der Waals surface area contributed by atoms with Crippen molar-refractivity contribution in [2.45, 2.75) is 30.9 Å². The van der Waals surface area contributed by atoms with E-state index in [1.165, 1.54) is 6.42 Å². The number of aromatic nitrogens is 2. The van der Waals surface area contributed by atoms with Crippen LogP contribution in [0.4, 0.5) is 5.95 Å². The third kappa shape index (κ3) is 2.83. The summed E-state index contributed by atoms with van der Waals surface area (Å²) >= 11 is 0. The maximum atomic E-state index is 6.21. The molecule has 4 rings (SSSR count). The quantitative estimate of drug-likeness (QED) is 0.810. The molecular formula is C16H24N4O2. The predicted molar refractivity (Wildman–Crippen MR) is 83.0 cm³/mol. The Balaban J connectivity index is 1.40. The average Bonchev–Trinajstić information content (AvgIpc) is 3.11. The molecule has 1 atom stereocenters. The van der Waals surface area contributed by atoms with Gasteiger partial charge in [-0.05, 0) is 25.3 Å². The minimum atomic E-state index is -0.0204. The number of likely N-dealkylation sites (tertiary alicyclic amines) is 1. The minimum absolute atomic E-state index is 0.0204. The van der Waals surface area contributed by atoms with E-state index < -0.39 is 0 Å². The van der Waals surface area contributed by atoms with E-state index in [4.69, 9.17) is 9.47 Å². The van der Waals surface area contributed by atoms with Crippen LogP contribution in [-0.2, 0) is 9.47 Å². The van der Waals surface area contributed by atoms with Crippen LogP contribution in [0.3, 0.4) is 0 Å². The molecule has 6 nitrogen and oxygen atoms in total. The molecule has 0 aromatic carbocycles. The van der Waals surface area contributed by atoms with E-state index in [0.29, 0.717) is 6.04 Å². The second kappa shape index (κ2) is 6.10. The second-order valence-corrected chi connectivity index (χ2v) is 6.56. The van der Waals surface area contributed by atoms with E-state index in [-0.39, 0.29) is 5.60 Å². The van der Waals surface area contributed by atoms with E-state index in [2.05, 4.69) is 19.8 Å². The van der Waals surface area contributed by atoms with Crippen LogP contribution in [-0.4, -0.2) is 72.5 Å². The van der Waals surface area contributed by atoms with E-state index in [0.717, 1.165) is 64.8 Å². The molecule has 0 radical (unpaired) electrons. The fourth-order valence-corrected chi connectivity index (χ4v) is 3.88. The van der Waals surface area contributed by atoms with Gasteiger partial charge in [-0.15, -0.1) is 0 Å². The molecular weight excluding hydrogens is 280 g/mol. The fourth-order valence-electron chi connectivity index (χ4n) is 3.88. The molecule has 1 aromatic rings.